The fourth-order valence-electron chi connectivity index (χ4n) is 5.59. The van der Waals surface area contributed by atoms with Crippen molar-refractivity contribution < 1.29 is 9.90 Å². The summed E-state index contributed by atoms with van der Waals surface area (Å²) in [5, 5.41) is 11.8. The number of allylic oxidation sites excluding steroid dienone is 4. The van der Waals surface area contributed by atoms with E-state index in [0.29, 0.717) is 11.8 Å². The van der Waals surface area contributed by atoms with E-state index in [1.807, 2.05) is 6.92 Å². The number of rotatable bonds is 2. The second kappa shape index (κ2) is 5.25. The largest absolute Gasteiger partial charge is 0.550 e. The molecule has 1 saturated carbocycles. The van der Waals surface area contributed by atoms with Crippen LogP contribution in [0.3, 0.4) is 0 Å². The Labute approximate surface area is 134 Å². The number of hydrogen-bond acceptors (Lipinski definition) is 2. The molecule has 0 radical (unpaired) electrons. The van der Waals surface area contributed by atoms with Crippen molar-refractivity contribution in [1.82, 2.24) is 0 Å². The normalized spacial score (nSPS) is 41.3. The standard InChI is InChI=1S/C20H30O2/c1-13(2)14-6-8-16-15(12-14)7-9-17-19(16,3)10-5-11-20(17,4)18(21)22/h7,12-13,16-17H,5-6,8-11H2,1-4H3,(H,21,22)/p-1/t16-,17-,19-,20+/m1/s1. The molecule has 0 aromatic carbocycles. The van der Waals surface area contributed by atoms with E-state index in [1.54, 1.807) is 5.57 Å². The second-order valence-corrected chi connectivity index (χ2v) is 8.52. The third-order valence-electron chi connectivity index (χ3n) is 7.05. The van der Waals surface area contributed by atoms with Gasteiger partial charge >= 0.3 is 0 Å². The van der Waals surface area contributed by atoms with Gasteiger partial charge in [0, 0.05) is 11.4 Å². The highest BCUT2D eigenvalue weighted by molar-refractivity contribution is 5.73. The van der Waals surface area contributed by atoms with Gasteiger partial charge in [-0.15, -0.1) is 0 Å². The summed E-state index contributed by atoms with van der Waals surface area (Å²) in [6.07, 6.45) is 11.0. The third-order valence-corrected chi connectivity index (χ3v) is 7.05. The van der Waals surface area contributed by atoms with E-state index in [2.05, 4.69) is 32.9 Å². The average Bonchev–Trinajstić information content (AvgIpc) is 2.46. The zero-order valence-corrected chi connectivity index (χ0v) is 14.4. The predicted molar refractivity (Wildman–Crippen MR) is 86.9 cm³/mol. The molecule has 0 spiro atoms. The Hall–Kier alpha value is -1.05. The van der Waals surface area contributed by atoms with Crippen molar-refractivity contribution in [3.8, 4) is 0 Å². The number of carbonyl (C=O) groups excluding carboxylic acids is 1. The van der Waals surface area contributed by atoms with Gasteiger partial charge in [-0.3, -0.25) is 0 Å². The van der Waals surface area contributed by atoms with Crippen LogP contribution in [0.15, 0.2) is 23.3 Å². The first-order valence-electron chi connectivity index (χ1n) is 8.91. The van der Waals surface area contributed by atoms with E-state index < -0.39 is 11.4 Å². The first-order chi connectivity index (χ1) is 10.3. The number of carboxylic acid groups (broad SMARTS) is 1. The van der Waals surface area contributed by atoms with E-state index in [-0.39, 0.29) is 11.3 Å². The molecule has 0 heterocycles. The van der Waals surface area contributed by atoms with Crippen LogP contribution in [0.5, 0.6) is 0 Å². The smallest absolute Gasteiger partial charge is 0.0476 e. The summed E-state index contributed by atoms with van der Waals surface area (Å²) in [6.45, 7) is 8.83. The SMILES string of the molecule is CC(C)C1=CC2=CC[C@@H]3[C@](C)(CCC[C@]3(C)C(=O)[O-])[C@@H]2CC1. The Kier molecular flexibility index (Phi) is 3.78. The van der Waals surface area contributed by atoms with E-state index in [1.165, 1.54) is 18.4 Å². The molecule has 0 saturated heterocycles. The van der Waals surface area contributed by atoms with Crippen molar-refractivity contribution in [3.05, 3.63) is 23.3 Å². The number of hydrogen-bond donors (Lipinski definition) is 0. The summed E-state index contributed by atoms with van der Waals surface area (Å²) in [6, 6.07) is 0. The van der Waals surface area contributed by atoms with E-state index in [9.17, 15) is 9.90 Å². The molecular formula is C20H29O2-. The van der Waals surface area contributed by atoms with Gasteiger partial charge < -0.3 is 9.90 Å². The summed E-state index contributed by atoms with van der Waals surface area (Å²) < 4.78 is 0. The number of aliphatic carboxylic acids is 1. The van der Waals surface area contributed by atoms with Crippen molar-refractivity contribution in [2.75, 3.05) is 0 Å². The molecule has 0 unspecified atom stereocenters. The van der Waals surface area contributed by atoms with Crippen LogP contribution in [0.4, 0.5) is 0 Å². The highest BCUT2D eigenvalue weighted by Crippen LogP contribution is 2.61. The predicted octanol–water partition coefficient (Wildman–Crippen LogP) is 3.87. The van der Waals surface area contributed by atoms with E-state index >= 15 is 0 Å². The molecule has 1 fully saturated rings. The second-order valence-electron chi connectivity index (χ2n) is 8.52. The minimum absolute atomic E-state index is 0.121. The molecule has 122 valence electrons. The lowest BCUT2D eigenvalue weighted by Crippen LogP contribution is -2.56. The lowest BCUT2D eigenvalue weighted by molar-refractivity contribution is -0.326. The van der Waals surface area contributed by atoms with Gasteiger partial charge in [-0.05, 0) is 60.8 Å². The summed E-state index contributed by atoms with van der Waals surface area (Å²) in [5.74, 6) is 0.538. The molecule has 0 N–H and O–H groups in total. The fourth-order valence-corrected chi connectivity index (χ4v) is 5.59. The maximum atomic E-state index is 11.8. The minimum Gasteiger partial charge on any atom is -0.550 e. The first-order valence-corrected chi connectivity index (χ1v) is 8.91. The van der Waals surface area contributed by atoms with Gasteiger partial charge in [0.1, 0.15) is 0 Å². The number of carboxylic acids is 1. The molecule has 2 nitrogen and oxygen atoms in total. The highest BCUT2D eigenvalue weighted by atomic mass is 16.4. The maximum absolute atomic E-state index is 11.8. The topological polar surface area (TPSA) is 40.1 Å². The minimum atomic E-state index is -0.838. The maximum Gasteiger partial charge on any atom is 0.0476 e. The fraction of sp³-hybridized carbons (Fsp3) is 0.750. The van der Waals surface area contributed by atoms with Crippen molar-refractivity contribution >= 4 is 5.97 Å². The highest BCUT2D eigenvalue weighted by Gasteiger charge is 2.54. The molecule has 0 aromatic heterocycles. The van der Waals surface area contributed by atoms with Gasteiger partial charge in [0.15, 0.2) is 0 Å². The monoisotopic (exact) mass is 301 g/mol. The lowest BCUT2D eigenvalue weighted by Gasteiger charge is -2.58. The Morgan fingerprint density at radius 3 is 2.68 bits per heavy atom. The van der Waals surface area contributed by atoms with Crippen molar-refractivity contribution in [3.63, 3.8) is 0 Å². The molecule has 0 aromatic rings. The van der Waals surface area contributed by atoms with Gasteiger partial charge in [0.2, 0.25) is 0 Å². The Bertz CT molecular complexity index is 542. The van der Waals surface area contributed by atoms with Crippen molar-refractivity contribution in [2.24, 2.45) is 28.6 Å². The van der Waals surface area contributed by atoms with Crippen LogP contribution in [-0.2, 0) is 4.79 Å². The third kappa shape index (κ3) is 2.18. The quantitative estimate of drug-likeness (QED) is 0.776. The molecule has 3 aliphatic rings. The lowest BCUT2D eigenvalue weighted by atomic mass is 9.47. The van der Waals surface area contributed by atoms with Gasteiger partial charge in [0.25, 0.3) is 0 Å². The van der Waals surface area contributed by atoms with Gasteiger partial charge in [-0.2, -0.15) is 0 Å². The molecule has 3 rings (SSSR count). The summed E-state index contributed by atoms with van der Waals surface area (Å²) in [5.41, 5.74) is 2.51. The summed E-state index contributed by atoms with van der Waals surface area (Å²) >= 11 is 0. The van der Waals surface area contributed by atoms with Crippen LogP contribution in [0.25, 0.3) is 0 Å². The van der Waals surface area contributed by atoms with Gasteiger partial charge in [-0.1, -0.05) is 51.8 Å². The molecule has 3 aliphatic carbocycles. The van der Waals surface area contributed by atoms with Crippen LogP contribution in [0, 0.1) is 28.6 Å². The Morgan fingerprint density at radius 1 is 1.32 bits per heavy atom. The molecule has 4 atom stereocenters. The van der Waals surface area contributed by atoms with E-state index in [0.717, 1.165) is 25.7 Å². The molecular weight excluding hydrogens is 272 g/mol. The van der Waals surface area contributed by atoms with Crippen LogP contribution in [0.1, 0.15) is 66.2 Å². The molecule has 0 amide bonds. The zero-order chi connectivity index (χ0) is 16.1. The zero-order valence-electron chi connectivity index (χ0n) is 14.4. The summed E-state index contributed by atoms with van der Waals surface area (Å²) in [4.78, 5) is 11.8. The average molecular weight is 301 g/mol. The molecule has 0 bridgehead atoms. The summed E-state index contributed by atoms with van der Waals surface area (Å²) in [7, 11) is 0. The van der Waals surface area contributed by atoms with Crippen LogP contribution < -0.4 is 5.11 Å². The Balaban J connectivity index is 2.00. The molecule has 22 heavy (non-hydrogen) atoms. The van der Waals surface area contributed by atoms with E-state index in [4.69, 9.17) is 0 Å². The molecule has 2 heteroatoms. The first kappa shape index (κ1) is 15.8. The van der Waals surface area contributed by atoms with Crippen molar-refractivity contribution in [1.29, 1.82) is 0 Å². The van der Waals surface area contributed by atoms with Gasteiger partial charge in [0.05, 0.1) is 0 Å². The Morgan fingerprint density at radius 2 is 2.05 bits per heavy atom. The van der Waals surface area contributed by atoms with Crippen molar-refractivity contribution in [2.45, 2.75) is 66.2 Å². The number of carbonyl (C=O) groups is 1. The van der Waals surface area contributed by atoms with Crippen LogP contribution in [0.2, 0.25) is 0 Å². The van der Waals surface area contributed by atoms with Crippen LogP contribution in [-0.4, -0.2) is 5.97 Å². The molecule has 0 aliphatic heterocycles. The number of fused-ring (bicyclic) bond motifs is 3. The van der Waals surface area contributed by atoms with Crippen LogP contribution >= 0.6 is 0 Å². The van der Waals surface area contributed by atoms with Gasteiger partial charge in [-0.25, -0.2) is 0 Å².